The fourth-order valence-corrected chi connectivity index (χ4v) is 3.04. The van der Waals surface area contributed by atoms with Gasteiger partial charge in [-0.25, -0.2) is 9.97 Å². The van der Waals surface area contributed by atoms with Crippen LogP contribution in [0, 0.1) is 6.92 Å². The Morgan fingerprint density at radius 3 is 2.39 bits per heavy atom. The van der Waals surface area contributed by atoms with E-state index < -0.39 is 0 Å². The van der Waals surface area contributed by atoms with E-state index in [4.69, 9.17) is 0 Å². The number of pyridine rings is 1. The van der Waals surface area contributed by atoms with Crippen LogP contribution in [0.15, 0.2) is 48.7 Å². The Bertz CT molecular complexity index is 934. The highest BCUT2D eigenvalue weighted by molar-refractivity contribution is 5.93. The number of aromatic nitrogens is 3. The van der Waals surface area contributed by atoms with Gasteiger partial charge >= 0.3 is 0 Å². The van der Waals surface area contributed by atoms with Crippen molar-refractivity contribution >= 4 is 17.4 Å². The van der Waals surface area contributed by atoms with E-state index in [2.05, 4.69) is 57.6 Å². The van der Waals surface area contributed by atoms with E-state index in [0.29, 0.717) is 23.9 Å². The van der Waals surface area contributed by atoms with Crippen molar-refractivity contribution < 1.29 is 4.79 Å². The Kier molecular flexibility index (Phi) is 6.32. The van der Waals surface area contributed by atoms with E-state index in [1.54, 1.807) is 19.2 Å². The molecule has 3 rings (SSSR count). The number of rotatable bonds is 7. The zero-order valence-corrected chi connectivity index (χ0v) is 16.5. The summed E-state index contributed by atoms with van der Waals surface area (Å²) in [6, 6.07) is 13.6. The minimum atomic E-state index is -0.251. The van der Waals surface area contributed by atoms with Crippen LogP contribution in [-0.4, -0.2) is 20.9 Å². The highest BCUT2D eigenvalue weighted by Crippen LogP contribution is 2.26. The van der Waals surface area contributed by atoms with Crippen molar-refractivity contribution in [3.8, 4) is 0 Å². The molecule has 0 aliphatic rings. The highest BCUT2D eigenvalue weighted by atomic mass is 16.1. The van der Waals surface area contributed by atoms with Gasteiger partial charge < -0.3 is 10.6 Å². The Balaban J connectivity index is 1.81. The molecule has 0 unspecified atom stereocenters. The number of para-hydroxylation sites is 1. The van der Waals surface area contributed by atoms with Crippen LogP contribution in [0.25, 0.3) is 0 Å². The molecule has 1 amide bonds. The molecule has 0 aliphatic heterocycles. The topological polar surface area (TPSA) is 79.8 Å². The first-order chi connectivity index (χ1) is 13.6. The molecule has 0 radical (unpaired) electrons. The minimum Gasteiger partial charge on any atom is -0.345 e. The van der Waals surface area contributed by atoms with E-state index >= 15 is 0 Å². The lowest BCUT2D eigenvalue weighted by atomic mass is 10.0. The van der Waals surface area contributed by atoms with Gasteiger partial charge in [-0.1, -0.05) is 38.1 Å². The quantitative estimate of drug-likeness (QED) is 0.653. The van der Waals surface area contributed by atoms with Gasteiger partial charge in [-0.3, -0.25) is 9.78 Å². The summed E-state index contributed by atoms with van der Waals surface area (Å²) >= 11 is 0. The fourth-order valence-electron chi connectivity index (χ4n) is 3.04. The van der Waals surface area contributed by atoms with Crippen molar-refractivity contribution in [1.29, 1.82) is 0 Å². The molecular formula is C22H25N5O. The van der Waals surface area contributed by atoms with Gasteiger partial charge in [0.15, 0.2) is 0 Å². The van der Waals surface area contributed by atoms with Crippen LogP contribution in [0.3, 0.4) is 0 Å². The first-order valence-corrected chi connectivity index (χ1v) is 9.52. The fraction of sp³-hybridized carbons (Fsp3) is 0.273. The van der Waals surface area contributed by atoms with E-state index in [1.807, 2.05) is 18.2 Å². The van der Waals surface area contributed by atoms with Crippen LogP contribution < -0.4 is 10.6 Å². The molecule has 0 saturated carbocycles. The lowest BCUT2D eigenvalue weighted by Gasteiger charge is -2.15. The minimum absolute atomic E-state index is 0.251. The third kappa shape index (κ3) is 4.71. The molecule has 0 fully saturated rings. The largest absolute Gasteiger partial charge is 0.345 e. The second-order valence-corrected chi connectivity index (χ2v) is 6.47. The Hall–Kier alpha value is -3.28. The molecule has 2 N–H and O–H groups in total. The normalized spacial score (nSPS) is 10.5. The zero-order valence-electron chi connectivity index (χ0n) is 16.5. The third-order valence-electron chi connectivity index (χ3n) is 4.48. The maximum Gasteiger partial charge on any atom is 0.270 e. The predicted octanol–water partition coefficient (Wildman–Crippen LogP) is 3.98. The molecule has 6 nitrogen and oxygen atoms in total. The summed E-state index contributed by atoms with van der Waals surface area (Å²) in [5.41, 5.74) is 4.63. The van der Waals surface area contributed by atoms with E-state index in [9.17, 15) is 4.79 Å². The SMILES string of the molecule is CCc1cccc(CC)c1Nc1cc(C(=O)NCc2ccccn2)nc(C)n1. The van der Waals surface area contributed by atoms with Crippen LogP contribution in [0.2, 0.25) is 0 Å². The number of nitrogens with one attached hydrogen (secondary N) is 2. The number of hydrogen-bond acceptors (Lipinski definition) is 5. The van der Waals surface area contributed by atoms with Crippen molar-refractivity contribution in [3.05, 3.63) is 77.0 Å². The smallest absolute Gasteiger partial charge is 0.270 e. The summed E-state index contributed by atoms with van der Waals surface area (Å²) in [6.07, 6.45) is 3.53. The molecule has 1 aromatic carbocycles. The molecule has 0 bridgehead atoms. The molecule has 0 aliphatic carbocycles. The van der Waals surface area contributed by atoms with Crippen molar-refractivity contribution in [1.82, 2.24) is 20.3 Å². The number of benzene rings is 1. The number of hydrogen-bond donors (Lipinski definition) is 2. The van der Waals surface area contributed by atoms with Crippen LogP contribution in [0.1, 0.15) is 47.0 Å². The van der Waals surface area contributed by atoms with Crippen LogP contribution in [0.5, 0.6) is 0 Å². The Morgan fingerprint density at radius 1 is 1.00 bits per heavy atom. The van der Waals surface area contributed by atoms with Gasteiger partial charge in [-0.05, 0) is 43.0 Å². The monoisotopic (exact) mass is 375 g/mol. The number of carbonyl (C=O) groups excluding carboxylic acids is 1. The molecule has 28 heavy (non-hydrogen) atoms. The second kappa shape index (κ2) is 9.08. The molecule has 0 spiro atoms. The van der Waals surface area contributed by atoms with Crippen molar-refractivity contribution in [2.24, 2.45) is 0 Å². The summed E-state index contributed by atoms with van der Waals surface area (Å²) in [6.45, 7) is 6.39. The maximum atomic E-state index is 12.6. The van der Waals surface area contributed by atoms with Crippen LogP contribution in [-0.2, 0) is 19.4 Å². The van der Waals surface area contributed by atoms with Gasteiger partial charge in [0.25, 0.3) is 5.91 Å². The first-order valence-electron chi connectivity index (χ1n) is 9.52. The average molecular weight is 375 g/mol. The first kappa shape index (κ1) is 19.5. The lowest BCUT2D eigenvalue weighted by molar-refractivity contribution is 0.0945. The summed E-state index contributed by atoms with van der Waals surface area (Å²) < 4.78 is 0. The number of anilines is 2. The molecule has 0 atom stereocenters. The van der Waals surface area contributed by atoms with Gasteiger partial charge in [-0.2, -0.15) is 0 Å². The number of carbonyl (C=O) groups is 1. The van der Waals surface area contributed by atoms with E-state index in [1.165, 1.54) is 11.1 Å². The third-order valence-corrected chi connectivity index (χ3v) is 4.48. The number of aryl methyl sites for hydroxylation is 3. The summed E-state index contributed by atoms with van der Waals surface area (Å²) in [7, 11) is 0. The highest BCUT2D eigenvalue weighted by Gasteiger charge is 2.13. The van der Waals surface area contributed by atoms with Gasteiger partial charge in [0.1, 0.15) is 17.3 Å². The summed E-state index contributed by atoms with van der Waals surface area (Å²) in [5.74, 6) is 0.907. The van der Waals surface area contributed by atoms with Crippen molar-refractivity contribution in [2.75, 3.05) is 5.32 Å². The van der Waals surface area contributed by atoms with Crippen LogP contribution >= 0.6 is 0 Å². The van der Waals surface area contributed by atoms with Gasteiger partial charge in [0.05, 0.1) is 12.2 Å². The standard InChI is InChI=1S/C22H25N5O/c1-4-16-9-8-10-17(5-2)21(16)27-20-13-19(25-15(3)26-20)22(28)24-14-18-11-6-7-12-23-18/h6-13H,4-5,14H2,1-3H3,(H,24,28)(H,25,26,27). The molecule has 0 saturated heterocycles. The van der Waals surface area contributed by atoms with E-state index in [0.717, 1.165) is 24.2 Å². The van der Waals surface area contributed by atoms with Crippen LogP contribution in [0.4, 0.5) is 11.5 Å². The molecule has 3 aromatic rings. The molecule has 2 aromatic heterocycles. The molecular weight excluding hydrogens is 350 g/mol. The van der Waals surface area contributed by atoms with Crippen molar-refractivity contribution in [3.63, 3.8) is 0 Å². The zero-order chi connectivity index (χ0) is 19.9. The molecule has 2 heterocycles. The van der Waals surface area contributed by atoms with Gasteiger partial charge in [-0.15, -0.1) is 0 Å². The predicted molar refractivity (Wildman–Crippen MR) is 111 cm³/mol. The number of nitrogens with zero attached hydrogens (tertiary/aromatic N) is 3. The Morgan fingerprint density at radius 2 is 1.75 bits per heavy atom. The van der Waals surface area contributed by atoms with Gasteiger partial charge in [0, 0.05) is 18.0 Å². The maximum absolute atomic E-state index is 12.6. The Labute approximate surface area is 165 Å². The second-order valence-electron chi connectivity index (χ2n) is 6.47. The number of amides is 1. The molecule has 6 heteroatoms. The van der Waals surface area contributed by atoms with Gasteiger partial charge in [0.2, 0.25) is 0 Å². The average Bonchev–Trinajstić information content (AvgIpc) is 2.72. The lowest BCUT2D eigenvalue weighted by Crippen LogP contribution is -2.24. The van der Waals surface area contributed by atoms with Crippen molar-refractivity contribution in [2.45, 2.75) is 40.2 Å². The molecule has 144 valence electrons. The van der Waals surface area contributed by atoms with E-state index in [-0.39, 0.29) is 5.91 Å². The summed E-state index contributed by atoms with van der Waals surface area (Å²) in [5, 5.41) is 6.27. The summed E-state index contributed by atoms with van der Waals surface area (Å²) in [4.78, 5) is 25.5.